The summed E-state index contributed by atoms with van der Waals surface area (Å²) in [4.78, 5) is 26.1. The molecule has 2 amide bonds. The predicted octanol–water partition coefficient (Wildman–Crippen LogP) is 1.82. The van der Waals surface area contributed by atoms with Crippen LogP contribution in [0.25, 0.3) is 0 Å². The number of nitrogens with zero attached hydrogens (tertiary/aromatic N) is 3. The van der Waals surface area contributed by atoms with Crippen molar-refractivity contribution >= 4 is 17.5 Å². The number of aromatic amines is 1. The Labute approximate surface area is 97.0 Å². The first-order valence-electron chi connectivity index (χ1n) is 5.11. The lowest BCUT2D eigenvalue weighted by atomic mass is 10.1. The largest absolute Gasteiger partial charge is 0.368 e. The summed E-state index contributed by atoms with van der Waals surface area (Å²) in [6.45, 7) is 0. The SMILES string of the molecule is O=C1N=C(c2ccccc2)C(c2ncc[nH]2)=N1. The van der Waals surface area contributed by atoms with Crippen LogP contribution < -0.4 is 0 Å². The molecule has 5 nitrogen and oxygen atoms in total. The number of rotatable bonds is 2. The third kappa shape index (κ3) is 1.67. The minimum atomic E-state index is -0.491. The normalized spacial score (nSPS) is 14.7. The highest BCUT2D eigenvalue weighted by molar-refractivity contribution is 6.57. The average Bonchev–Trinajstić information content (AvgIpc) is 2.98. The van der Waals surface area contributed by atoms with E-state index in [4.69, 9.17) is 0 Å². The van der Waals surface area contributed by atoms with E-state index in [9.17, 15) is 4.79 Å². The number of urea groups is 1. The summed E-state index contributed by atoms with van der Waals surface area (Å²) in [5.41, 5.74) is 1.91. The topological polar surface area (TPSA) is 70.5 Å². The Morgan fingerprint density at radius 3 is 2.47 bits per heavy atom. The maximum Gasteiger partial charge on any atom is 0.368 e. The molecule has 17 heavy (non-hydrogen) atoms. The number of hydrogen-bond donors (Lipinski definition) is 1. The zero-order valence-electron chi connectivity index (χ0n) is 8.79. The molecule has 5 heteroatoms. The fourth-order valence-corrected chi connectivity index (χ4v) is 1.68. The maximum absolute atomic E-state index is 11.3. The summed E-state index contributed by atoms with van der Waals surface area (Å²) in [5, 5.41) is 0. The highest BCUT2D eigenvalue weighted by Crippen LogP contribution is 2.12. The van der Waals surface area contributed by atoms with E-state index in [2.05, 4.69) is 20.0 Å². The van der Waals surface area contributed by atoms with Crippen molar-refractivity contribution in [2.45, 2.75) is 0 Å². The van der Waals surface area contributed by atoms with Crippen molar-refractivity contribution in [2.24, 2.45) is 9.98 Å². The molecule has 0 fully saturated rings. The molecule has 1 aromatic carbocycles. The van der Waals surface area contributed by atoms with Crippen molar-refractivity contribution in [3.8, 4) is 0 Å². The second-order valence-electron chi connectivity index (χ2n) is 3.51. The van der Waals surface area contributed by atoms with E-state index in [0.29, 0.717) is 17.2 Å². The summed E-state index contributed by atoms with van der Waals surface area (Å²) in [6.07, 6.45) is 3.30. The third-order valence-corrected chi connectivity index (χ3v) is 2.41. The minimum Gasteiger partial charge on any atom is -0.343 e. The highest BCUT2D eigenvalue weighted by Gasteiger charge is 2.23. The molecule has 0 saturated heterocycles. The zero-order valence-corrected chi connectivity index (χ0v) is 8.79. The van der Waals surface area contributed by atoms with E-state index >= 15 is 0 Å². The molecule has 0 atom stereocenters. The van der Waals surface area contributed by atoms with Crippen LogP contribution in [0.15, 0.2) is 52.7 Å². The van der Waals surface area contributed by atoms with Crippen molar-refractivity contribution < 1.29 is 4.79 Å². The van der Waals surface area contributed by atoms with Gasteiger partial charge in [-0.15, -0.1) is 0 Å². The van der Waals surface area contributed by atoms with Gasteiger partial charge in [0.05, 0.1) is 0 Å². The van der Waals surface area contributed by atoms with Gasteiger partial charge in [-0.2, -0.15) is 9.98 Å². The first-order valence-corrected chi connectivity index (χ1v) is 5.11. The van der Waals surface area contributed by atoms with E-state index < -0.39 is 6.03 Å². The van der Waals surface area contributed by atoms with Gasteiger partial charge in [-0.25, -0.2) is 9.78 Å². The fourth-order valence-electron chi connectivity index (χ4n) is 1.68. The summed E-state index contributed by atoms with van der Waals surface area (Å²) in [7, 11) is 0. The van der Waals surface area contributed by atoms with Gasteiger partial charge in [0.2, 0.25) is 0 Å². The molecular weight excluding hydrogens is 216 g/mol. The van der Waals surface area contributed by atoms with Gasteiger partial charge in [0, 0.05) is 18.0 Å². The second-order valence-corrected chi connectivity index (χ2v) is 3.51. The summed E-state index contributed by atoms with van der Waals surface area (Å²) in [5.74, 6) is 0.554. The number of aromatic nitrogens is 2. The molecule has 0 radical (unpaired) electrons. The molecule has 3 rings (SSSR count). The quantitative estimate of drug-likeness (QED) is 0.845. The smallest absolute Gasteiger partial charge is 0.343 e. The number of carbonyl (C=O) groups excluding carboxylic acids is 1. The minimum absolute atomic E-state index is 0.491. The van der Waals surface area contributed by atoms with E-state index in [1.54, 1.807) is 12.4 Å². The Bertz CT molecular complexity index is 611. The standard InChI is InChI=1S/C12H8N4O/c17-12-15-9(8-4-2-1-3-5-8)10(16-12)11-13-6-7-14-11/h1-7H,(H,13,14). The predicted molar refractivity (Wildman–Crippen MR) is 63.5 cm³/mol. The van der Waals surface area contributed by atoms with Crippen LogP contribution in [0, 0.1) is 0 Å². The number of hydrogen-bond acceptors (Lipinski definition) is 2. The van der Waals surface area contributed by atoms with Crippen molar-refractivity contribution in [1.29, 1.82) is 0 Å². The van der Waals surface area contributed by atoms with Crippen molar-refractivity contribution in [1.82, 2.24) is 9.97 Å². The monoisotopic (exact) mass is 224 g/mol. The van der Waals surface area contributed by atoms with Gasteiger partial charge in [-0.1, -0.05) is 30.3 Å². The van der Waals surface area contributed by atoms with E-state index in [-0.39, 0.29) is 0 Å². The molecular formula is C12H8N4O. The van der Waals surface area contributed by atoms with Gasteiger partial charge in [-0.3, -0.25) is 0 Å². The average molecular weight is 224 g/mol. The van der Waals surface area contributed by atoms with Crippen LogP contribution in [0.3, 0.4) is 0 Å². The molecule has 1 N–H and O–H groups in total. The van der Waals surface area contributed by atoms with Crippen LogP contribution >= 0.6 is 0 Å². The van der Waals surface area contributed by atoms with Crippen molar-refractivity contribution in [2.75, 3.05) is 0 Å². The molecule has 1 aliphatic rings. The highest BCUT2D eigenvalue weighted by atomic mass is 16.2. The van der Waals surface area contributed by atoms with Crippen LogP contribution in [-0.4, -0.2) is 27.4 Å². The summed E-state index contributed by atoms with van der Waals surface area (Å²) >= 11 is 0. The molecule has 0 unspecified atom stereocenters. The second kappa shape index (κ2) is 3.79. The Balaban J connectivity index is 2.09. The molecule has 0 saturated carbocycles. The third-order valence-electron chi connectivity index (χ3n) is 2.41. The van der Waals surface area contributed by atoms with Crippen LogP contribution in [0.4, 0.5) is 4.79 Å². The number of carbonyl (C=O) groups is 1. The molecule has 0 spiro atoms. The molecule has 0 bridgehead atoms. The number of amides is 2. The first-order chi connectivity index (χ1) is 8.34. The van der Waals surface area contributed by atoms with E-state index in [1.165, 1.54) is 0 Å². The van der Waals surface area contributed by atoms with Crippen LogP contribution in [0.2, 0.25) is 0 Å². The van der Waals surface area contributed by atoms with Gasteiger partial charge < -0.3 is 4.98 Å². The lowest BCUT2D eigenvalue weighted by molar-refractivity contribution is 0.257. The van der Waals surface area contributed by atoms with Gasteiger partial charge in [0.1, 0.15) is 11.4 Å². The van der Waals surface area contributed by atoms with Crippen LogP contribution in [0.1, 0.15) is 11.4 Å². The van der Waals surface area contributed by atoms with E-state index in [0.717, 1.165) is 5.56 Å². The number of imidazole rings is 1. The van der Waals surface area contributed by atoms with Gasteiger partial charge in [0.15, 0.2) is 5.82 Å². The van der Waals surface area contributed by atoms with Gasteiger partial charge in [0.25, 0.3) is 0 Å². The molecule has 1 aliphatic heterocycles. The Morgan fingerprint density at radius 2 is 1.76 bits per heavy atom. The fraction of sp³-hybridized carbons (Fsp3) is 0. The number of H-pyrrole nitrogens is 1. The number of benzene rings is 1. The Morgan fingerprint density at radius 1 is 1.00 bits per heavy atom. The van der Waals surface area contributed by atoms with Gasteiger partial charge in [-0.05, 0) is 0 Å². The number of nitrogens with one attached hydrogen (secondary N) is 1. The zero-order chi connectivity index (χ0) is 11.7. The number of aliphatic imine (C=N–C) groups is 2. The lowest BCUT2D eigenvalue weighted by Gasteiger charge is -2.01. The maximum atomic E-state index is 11.3. The van der Waals surface area contributed by atoms with Crippen LogP contribution in [0.5, 0.6) is 0 Å². The molecule has 0 aliphatic carbocycles. The van der Waals surface area contributed by atoms with Crippen molar-refractivity contribution in [3.05, 3.63) is 54.1 Å². The first kappa shape index (κ1) is 9.65. The molecule has 2 heterocycles. The van der Waals surface area contributed by atoms with E-state index in [1.807, 2.05) is 30.3 Å². The Hall–Kier alpha value is -2.56. The summed E-state index contributed by atoms with van der Waals surface area (Å²) in [6, 6.07) is 8.96. The summed E-state index contributed by atoms with van der Waals surface area (Å²) < 4.78 is 0. The molecule has 82 valence electrons. The Kier molecular flexibility index (Phi) is 2.15. The van der Waals surface area contributed by atoms with Crippen molar-refractivity contribution in [3.63, 3.8) is 0 Å². The van der Waals surface area contributed by atoms with Gasteiger partial charge >= 0.3 is 6.03 Å². The lowest BCUT2D eigenvalue weighted by Crippen LogP contribution is -2.15. The van der Waals surface area contributed by atoms with Crippen LogP contribution in [-0.2, 0) is 0 Å². The molecule has 1 aromatic heterocycles. The molecule has 2 aromatic rings.